The van der Waals surface area contributed by atoms with Crippen LogP contribution in [-0.4, -0.2) is 13.2 Å². The van der Waals surface area contributed by atoms with Crippen LogP contribution >= 0.6 is 0 Å². The number of halogens is 3. The lowest BCUT2D eigenvalue weighted by molar-refractivity contribution is -0.137. The van der Waals surface area contributed by atoms with Crippen LogP contribution in [0.5, 0.6) is 5.75 Å². The second-order valence-corrected chi connectivity index (χ2v) is 4.67. The fraction of sp³-hybridized carbons (Fsp3) is 0.250. The summed E-state index contributed by atoms with van der Waals surface area (Å²) in [7, 11) is 0. The van der Waals surface area contributed by atoms with Crippen LogP contribution in [0.25, 0.3) is 0 Å². The largest absolute Gasteiger partial charge is 0.492 e. The monoisotopic (exact) mass is 295 g/mol. The predicted molar refractivity (Wildman–Crippen MR) is 76.6 cm³/mol. The third-order valence-electron chi connectivity index (χ3n) is 2.91. The first-order valence-electron chi connectivity index (χ1n) is 6.56. The number of alkyl halides is 3. The molecule has 2 rings (SSSR count). The van der Waals surface area contributed by atoms with Crippen LogP contribution in [0, 0.1) is 6.92 Å². The molecule has 0 aromatic heterocycles. The van der Waals surface area contributed by atoms with E-state index in [1.54, 1.807) is 6.07 Å². The second-order valence-electron chi connectivity index (χ2n) is 4.67. The minimum atomic E-state index is -4.32. The fourth-order valence-corrected chi connectivity index (χ4v) is 1.80. The molecule has 0 spiro atoms. The van der Waals surface area contributed by atoms with Crippen molar-refractivity contribution in [2.24, 2.45) is 0 Å². The number of hydrogen-bond donors (Lipinski definition) is 1. The molecule has 112 valence electrons. The van der Waals surface area contributed by atoms with Gasteiger partial charge in [0.1, 0.15) is 12.4 Å². The molecule has 0 radical (unpaired) electrons. The van der Waals surface area contributed by atoms with Gasteiger partial charge in [-0.3, -0.25) is 0 Å². The summed E-state index contributed by atoms with van der Waals surface area (Å²) in [4.78, 5) is 0. The number of hydrogen-bond acceptors (Lipinski definition) is 2. The van der Waals surface area contributed by atoms with Crippen molar-refractivity contribution in [3.05, 3.63) is 59.7 Å². The van der Waals surface area contributed by atoms with Crippen LogP contribution in [0.4, 0.5) is 18.9 Å². The molecule has 0 aliphatic rings. The van der Waals surface area contributed by atoms with E-state index in [9.17, 15) is 13.2 Å². The van der Waals surface area contributed by atoms with Gasteiger partial charge in [-0.1, -0.05) is 23.8 Å². The van der Waals surface area contributed by atoms with E-state index in [0.29, 0.717) is 18.8 Å². The van der Waals surface area contributed by atoms with Gasteiger partial charge < -0.3 is 10.1 Å². The highest BCUT2D eigenvalue weighted by atomic mass is 19.4. The predicted octanol–water partition coefficient (Wildman–Crippen LogP) is 4.50. The minimum absolute atomic E-state index is 0.374. The lowest BCUT2D eigenvalue weighted by Crippen LogP contribution is -2.12. The van der Waals surface area contributed by atoms with Crippen LogP contribution in [0.1, 0.15) is 11.1 Å². The van der Waals surface area contributed by atoms with Crippen molar-refractivity contribution in [3.63, 3.8) is 0 Å². The molecule has 1 N–H and O–H groups in total. The Hall–Kier alpha value is -2.17. The molecule has 5 heteroatoms. The molecule has 0 bridgehead atoms. The molecule has 0 fully saturated rings. The summed E-state index contributed by atoms with van der Waals surface area (Å²) in [6.45, 7) is 2.79. The van der Waals surface area contributed by atoms with Crippen LogP contribution in [-0.2, 0) is 6.18 Å². The minimum Gasteiger partial charge on any atom is -0.492 e. The van der Waals surface area contributed by atoms with Gasteiger partial charge in [-0.2, -0.15) is 13.2 Å². The van der Waals surface area contributed by atoms with E-state index < -0.39 is 11.7 Å². The van der Waals surface area contributed by atoms with Gasteiger partial charge in [0, 0.05) is 12.2 Å². The zero-order valence-corrected chi connectivity index (χ0v) is 11.6. The Labute approximate surface area is 121 Å². The smallest absolute Gasteiger partial charge is 0.416 e. The first kappa shape index (κ1) is 15.2. The molecule has 0 unspecified atom stereocenters. The van der Waals surface area contributed by atoms with Gasteiger partial charge in [0.05, 0.1) is 5.56 Å². The van der Waals surface area contributed by atoms with Crippen molar-refractivity contribution in [1.82, 2.24) is 0 Å². The van der Waals surface area contributed by atoms with Gasteiger partial charge in [-0.25, -0.2) is 0 Å². The van der Waals surface area contributed by atoms with Gasteiger partial charge in [0.2, 0.25) is 0 Å². The highest BCUT2D eigenvalue weighted by Crippen LogP contribution is 2.30. The SMILES string of the molecule is Cc1ccc(OCCNc2cccc(C(F)(F)F)c2)cc1. The van der Waals surface area contributed by atoms with Gasteiger partial charge in [-0.05, 0) is 37.3 Å². The maximum atomic E-state index is 12.6. The van der Waals surface area contributed by atoms with Crippen molar-refractivity contribution in [2.75, 3.05) is 18.5 Å². The van der Waals surface area contributed by atoms with E-state index in [2.05, 4.69) is 5.32 Å². The summed E-state index contributed by atoms with van der Waals surface area (Å²) in [5, 5.41) is 2.91. The molecule has 0 saturated carbocycles. The molecule has 0 aliphatic heterocycles. The zero-order valence-electron chi connectivity index (χ0n) is 11.6. The normalized spacial score (nSPS) is 11.2. The Morgan fingerprint density at radius 3 is 2.43 bits per heavy atom. The molecule has 0 aliphatic carbocycles. The summed E-state index contributed by atoms with van der Waals surface area (Å²) in [6.07, 6.45) is -4.32. The molecular formula is C16H16F3NO. The van der Waals surface area contributed by atoms with Crippen molar-refractivity contribution in [1.29, 1.82) is 0 Å². The molecule has 0 saturated heterocycles. The number of ether oxygens (including phenoxy) is 1. The van der Waals surface area contributed by atoms with Crippen LogP contribution in [0.2, 0.25) is 0 Å². The molecule has 2 aromatic carbocycles. The van der Waals surface area contributed by atoms with Crippen molar-refractivity contribution in [3.8, 4) is 5.75 Å². The summed E-state index contributed by atoms with van der Waals surface area (Å²) in [5.41, 5.74) is 0.911. The summed E-state index contributed by atoms with van der Waals surface area (Å²) in [5.74, 6) is 0.742. The topological polar surface area (TPSA) is 21.3 Å². The Balaban J connectivity index is 1.82. The molecule has 0 heterocycles. The van der Waals surface area contributed by atoms with Crippen molar-refractivity contribution in [2.45, 2.75) is 13.1 Å². The van der Waals surface area contributed by atoms with Crippen LogP contribution in [0.15, 0.2) is 48.5 Å². The third-order valence-corrected chi connectivity index (χ3v) is 2.91. The van der Waals surface area contributed by atoms with Gasteiger partial charge in [0.15, 0.2) is 0 Å². The number of benzene rings is 2. The maximum absolute atomic E-state index is 12.6. The van der Waals surface area contributed by atoms with E-state index in [1.165, 1.54) is 6.07 Å². The van der Waals surface area contributed by atoms with Crippen molar-refractivity contribution >= 4 is 5.69 Å². The number of nitrogens with one attached hydrogen (secondary N) is 1. The fourth-order valence-electron chi connectivity index (χ4n) is 1.80. The average molecular weight is 295 g/mol. The molecule has 0 amide bonds. The highest BCUT2D eigenvalue weighted by molar-refractivity contribution is 5.46. The number of aryl methyl sites for hydroxylation is 1. The Kier molecular flexibility index (Phi) is 4.73. The summed E-state index contributed by atoms with van der Waals surface area (Å²) >= 11 is 0. The lowest BCUT2D eigenvalue weighted by Gasteiger charge is -2.11. The number of anilines is 1. The Bertz CT molecular complexity index is 579. The standard InChI is InChI=1S/C16H16F3NO/c1-12-5-7-15(8-6-12)21-10-9-20-14-4-2-3-13(11-14)16(17,18)19/h2-8,11,20H,9-10H2,1H3. The lowest BCUT2D eigenvalue weighted by atomic mass is 10.2. The van der Waals surface area contributed by atoms with E-state index in [1.807, 2.05) is 31.2 Å². The molecule has 21 heavy (non-hydrogen) atoms. The van der Waals surface area contributed by atoms with E-state index in [-0.39, 0.29) is 0 Å². The quantitative estimate of drug-likeness (QED) is 0.820. The number of rotatable bonds is 5. The molecule has 0 atom stereocenters. The third kappa shape index (κ3) is 4.70. The zero-order chi connectivity index (χ0) is 15.3. The highest BCUT2D eigenvalue weighted by Gasteiger charge is 2.30. The van der Waals surface area contributed by atoms with Crippen LogP contribution in [0.3, 0.4) is 0 Å². The van der Waals surface area contributed by atoms with E-state index >= 15 is 0 Å². The van der Waals surface area contributed by atoms with Crippen LogP contribution < -0.4 is 10.1 Å². The molecule has 2 nitrogen and oxygen atoms in total. The second kappa shape index (κ2) is 6.52. The van der Waals surface area contributed by atoms with E-state index in [0.717, 1.165) is 23.4 Å². The Morgan fingerprint density at radius 1 is 1.05 bits per heavy atom. The van der Waals surface area contributed by atoms with E-state index in [4.69, 9.17) is 4.74 Å². The Morgan fingerprint density at radius 2 is 1.76 bits per heavy atom. The summed E-state index contributed by atoms with van der Waals surface area (Å²) in [6, 6.07) is 12.7. The summed E-state index contributed by atoms with van der Waals surface area (Å²) < 4.78 is 43.2. The molecular weight excluding hydrogens is 279 g/mol. The first-order valence-corrected chi connectivity index (χ1v) is 6.56. The first-order chi connectivity index (χ1) is 9.95. The van der Waals surface area contributed by atoms with Gasteiger partial charge in [0.25, 0.3) is 0 Å². The van der Waals surface area contributed by atoms with Gasteiger partial charge in [-0.15, -0.1) is 0 Å². The average Bonchev–Trinajstić information content (AvgIpc) is 2.45. The molecule has 2 aromatic rings. The maximum Gasteiger partial charge on any atom is 0.416 e. The van der Waals surface area contributed by atoms with Crippen molar-refractivity contribution < 1.29 is 17.9 Å². The van der Waals surface area contributed by atoms with Gasteiger partial charge >= 0.3 is 6.18 Å².